The third kappa shape index (κ3) is 5.03. The molecule has 0 radical (unpaired) electrons. The summed E-state index contributed by atoms with van der Waals surface area (Å²) in [5, 5.41) is 10.4. The normalized spacial score (nSPS) is 33.4. The number of carboxylic acids is 1. The fraction of sp³-hybridized carbons (Fsp3) is 0.650. The minimum absolute atomic E-state index is 0.00210. The Morgan fingerprint density at radius 2 is 1.26 bits per heavy atom. The van der Waals surface area contributed by atoms with E-state index in [0.29, 0.717) is 22.7 Å². The Hall–Kier alpha value is -2.67. The molecular formula is C40H54O6S. The highest BCUT2D eigenvalue weighted by Gasteiger charge is 2.56. The lowest BCUT2D eigenvalue weighted by Gasteiger charge is -2.54. The van der Waals surface area contributed by atoms with Crippen LogP contribution in [0, 0.1) is 17.3 Å². The Balaban J connectivity index is 1.56. The molecular weight excluding hydrogens is 609 g/mol. The molecule has 0 spiro atoms. The monoisotopic (exact) mass is 662 g/mol. The van der Waals surface area contributed by atoms with Gasteiger partial charge in [-0.1, -0.05) is 60.1 Å². The highest BCUT2D eigenvalue weighted by atomic mass is 32.2. The third-order valence-corrected chi connectivity index (χ3v) is 15.4. The van der Waals surface area contributed by atoms with Crippen LogP contribution < -0.4 is 0 Å². The van der Waals surface area contributed by atoms with Crippen molar-refractivity contribution < 1.29 is 27.9 Å². The number of hydrogen-bond donors (Lipinski definition) is 1. The zero-order valence-electron chi connectivity index (χ0n) is 29.7. The van der Waals surface area contributed by atoms with E-state index >= 15 is 8.42 Å². The predicted molar refractivity (Wildman–Crippen MR) is 184 cm³/mol. The summed E-state index contributed by atoms with van der Waals surface area (Å²) < 4.78 is 36.4. The molecule has 0 bridgehead atoms. The van der Waals surface area contributed by atoms with Gasteiger partial charge in [0.05, 0.1) is 15.2 Å². The standard InChI is InChI=1S/C40H54O6S/c1-24(2)28-19-26-11-13-34-37(5,15-9-17-39(34,7)36(42)43)30(26)21-32(28)47(44,45)33-22-31-27(20-29(33)25(3)4)12-14-35-38(31,6)16-10-18-40(35,8)46-23-41/h19-25,34-35H,9-18H2,1-8H3,(H,42,43). The van der Waals surface area contributed by atoms with E-state index in [-0.39, 0.29) is 29.1 Å². The summed E-state index contributed by atoms with van der Waals surface area (Å²) >= 11 is 0. The smallest absolute Gasteiger partial charge is 0.309 e. The van der Waals surface area contributed by atoms with Crippen LogP contribution in [0.4, 0.5) is 0 Å². The van der Waals surface area contributed by atoms with Crippen LogP contribution in [-0.4, -0.2) is 31.6 Å². The average molecular weight is 663 g/mol. The van der Waals surface area contributed by atoms with E-state index in [0.717, 1.165) is 80.0 Å². The lowest BCUT2D eigenvalue weighted by atomic mass is 9.50. The SMILES string of the molecule is CC(C)c1cc2c(cc1S(=O)(=O)c1cc3c(cc1C(C)C)CCC1C(C)(C(=O)O)CCCC31C)C1(C)CCCC(C)(OC=O)C1CC2. The number of benzene rings is 2. The van der Waals surface area contributed by atoms with E-state index in [4.69, 9.17) is 4.74 Å². The van der Waals surface area contributed by atoms with Gasteiger partial charge in [0.15, 0.2) is 0 Å². The van der Waals surface area contributed by atoms with Crippen molar-refractivity contribution in [1.82, 2.24) is 0 Å². The summed E-state index contributed by atoms with van der Waals surface area (Å²) in [4.78, 5) is 25.0. The molecule has 6 nitrogen and oxygen atoms in total. The molecule has 0 amide bonds. The van der Waals surface area contributed by atoms with Crippen molar-refractivity contribution in [2.24, 2.45) is 17.3 Å². The third-order valence-electron chi connectivity index (χ3n) is 13.5. The molecule has 6 rings (SSSR count). The van der Waals surface area contributed by atoms with Gasteiger partial charge in [0.2, 0.25) is 9.84 Å². The molecule has 6 atom stereocenters. The van der Waals surface area contributed by atoms with Crippen LogP contribution in [0.1, 0.15) is 152 Å². The van der Waals surface area contributed by atoms with Gasteiger partial charge >= 0.3 is 5.97 Å². The van der Waals surface area contributed by atoms with Gasteiger partial charge in [0.25, 0.3) is 6.47 Å². The molecule has 256 valence electrons. The molecule has 4 aliphatic rings. The Kier molecular flexibility index (Phi) is 8.34. The van der Waals surface area contributed by atoms with Crippen molar-refractivity contribution >= 4 is 22.3 Å². The summed E-state index contributed by atoms with van der Waals surface area (Å²) in [5.41, 5.74) is 4.02. The van der Waals surface area contributed by atoms with Crippen LogP contribution >= 0.6 is 0 Å². The Labute approximate surface area is 282 Å². The fourth-order valence-corrected chi connectivity index (χ4v) is 13.0. The second-order valence-corrected chi connectivity index (χ2v) is 18.8. The van der Waals surface area contributed by atoms with Gasteiger partial charge < -0.3 is 9.84 Å². The van der Waals surface area contributed by atoms with E-state index in [1.54, 1.807) is 0 Å². The summed E-state index contributed by atoms with van der Waals surface area (Å²) in [7, 11) is -3.97. The molecule has 4 aliphatic carbocycles. The zero-order valence-corrected chi connectivity index (χ0v) is 30.5. The second-order valence-electron chi connectivity index (χ2n) is 16.9. The molecule has 0 aromatic heterocycles. The minimum Gasteiger partial charge on any atom is -0.481 e. The number of fused-ring (bicyclic) bond motifs is 6. The van der Waals surface area contributed by atoms with E-state index in [2.05, 4.69) is 53.7 Å². The number of carboxylic acid groups (broad SMARTS) is 1. The van der Waals surface area contributed by atoms with Crippen LogP contribution in [0.2, 0.25) is 0 Å². The molecule has 0 aliphatic heterocycles. The second kappa shape index (κ2) is 11.5. The van der Waals surface area contributed by atoms with Crippen molar-refractivity contribution in [1.29, 1.82) is 0 Å². The number of carbonyl (C=O) groups is 2. The van der Waals surface area contributed by atoms with Crippen LogP contribution in [0.25, 0.3) is 0 Å². The topological polar surface area (TPSA) is 97.7 Å². The number of aliphatic carboxylic acids is 1. The molecule has 1 N–H and O–H groups in total. The zero-order chi connectivity index (χ0) is 34.3. The molecule has 47 heavy (non-hydrogen) atoms. The number of rotatable bonds is 7. The van der Waals surface area contributed by atoms with E-state index in [9.17, 15) is 14.7 Å². The van der Waals surface area contributed by atoms with Crippen molar-refractivity contribution in [3.8, 4) is 0 Å². The fourth-order valence-electron chi connectivity index (χ4n) is 11.0. The number of hydrogen-bond acceptors (Lipinski definition) is 5. The highest BCUT2D eigenvalue weighted by Crippen LogP contribution is 2.59. The van der Waals surface area contributed by atoms with E-state index < -0.39 is 32.2 Å². The number of ether oxygens (including phenoxy) is 1. The molecule has 2 fully saturated rings. The number of sulfone groups is 1. The van der Waals surface area contributed by atoms with Crippen LogP contribution in [-0.2, 0) is 47.8 Å². The first-order chi connectivity index (χ1) is 21.9. The van der Waals surface area contributed by atoms with Gasteiger partial charge in [0, 0.05) is 5.92 Å². The lowest BCUT2D eigenvalue weighted by Crippen LogP contribution is -2.54. The van der Waals surface area contributed by atoms with Crippen LogP contribution in [0.5, 0.6) is 0 Å². The maximum absolute atomic E-state index is 15.3. The van der Waals surface area contributed by atoms with Crippen molar-refractivity contribution in [3.63, 3.8) is 0 Å². The van der Waals surface area contributed by atoms with Gasteiger partial charge in [-0.25, -0.2) is 8.42 Å². The first-order valence-electron chi connectivity index (χ1n) is 17.9. The lowest BCUT2D eigenvalue weighted by molar-refractivity contribution is -0.159. The summed E-state index contributed by atoms with van der Waals surface area (Å²) in [6.45, 7) is 17.2. The molecule has 0 heterocycles. The molecule has 2 aromatic carbocycles. The summed E-state index contributed by atoms with van der Waals surface area (Å²) in [5.74, 6) is -0.711. The predicted octanol–water partition coefficient (Wildman–Crippen LogP) is 8.80. The van der Waals surface area contributed by atoms with Gasteiger partial charge in [-0.2, -0.15) is 0 Å². The van der Waals surface area contributed by atoms with Crippen molar-refractivity contribution in [3.05, 3.63) is 57.6 Å². The van der Waals surface area contributed by atoms with Gasteiger partial charge in [0.1, 0.15) is 5.60 Å². The minimum atomic E-state index is -3.97. The Morgan fingerprint density at radius 1 is 0.787 bits per heavy atom. The molecule has 2 saturated carbocycles. The van der Waals surface area contributed by atoms with Crippen LogP contribution in [0.3, 0.4) is 0 Å². The quantitative estimate of drug-likeness (QED) is 0.298. The summed E-state index contributed by atoms with van der Waals surface area (Å²) in [6.07, 6.45) is 8.22. The molecule has 0 saturated heterocycles. The average Bonchev–Trinajstić information content (AvgIpc) is 2.99. The highest BCUT2D eigenvalue weighted by molar-refractivity contribution is 7.91. The summed E-state index contributed by atoms with van der Waals surface area (Å²) in [6, 6.07) is 8.25. The molecule has 6 unspecified atom stereocenters. The molecule has 2 aromatic rings. The van der Waals surface area contributed by atoms with Gasteiger partial charge in [-0.15, -0.1) is 0 Å². The maximum Gasteiger partial charge on any atom is 0.309 e. The van der Waals surface area contributed by atoms with E-state index in [1.807, 2.05) is 26.0 Å². The largest absolute Gasteiger partial charge is 0.481 e. The number of carbonyl (C=O) groups excluding carboxylic acids is 1. The van der Waals surface area contributed by atoms with E-state index in [1.165, 1.54) is 11.1 Å². The Bertz CT molecular complexity index is 1720. The number of aryl methyl sites for hydroxylation is 2. The van der Waals surface area contributed by atoms with Crippen LogP contribution in [0.15, 0.2) is 34.1 Å². The van der Waals surface area contributed by atoms with Gasteiger partial charge in [-0.3, -0.25) is 9.59 Å². The Morgan fingerprint density at radius 3 is 1.72 bits per heavy atom. The first kappa shape index (κ1) is 34.2. The maximum atomic E-state index is 15.3. The molecule has 7 heteroatoms. The van der Waals surface area contributed by atoms with Crippen molar-refractivity contribution in [2.75, 3.05) is 0 Å². The van der Waals surface area contributed by atoms with Gasteiger partial charge in [-0.05, 0) is 146 Å². The first-order valence-corrected chi connectivity index (χ1v) is 19.4. The van der Waals surface area contributed by atoms with Crippen molar-refractivity contribution in [2.45, 2.75) is 158 Å².